The second-order valence-electron chi connectivity index (χ2n) is 4.14. The highest BCUT2D eigenvalue weighted by Crippen LogP contribution is 2.24. The number of hydrogen-bond donors (Lipinski definition) is 1. The van der Waals surface area contributed by atoms with Gasteiger partial charge < -0.3 is 9.84 Å². The molecular weight excluding hydrogens is 236 g/mol. The van der Waals surface area contributed by atoms with E-state index in [1.807, 2.05) is 36.4 Å². The summed E-state index contributed by atoms with van der Waals surface area (Å²) in [4.78, 5) is 0. The van der Waals surface area contributed by atoms with E-state index in [2.05, 4.69) is 13.2 Å². The summed E-state index contributed by atoms with van der Waals surface area (Å²) < 4.78 is 5.86. The quantitative estimate of drug-likeness (QED) is 0.802. The first-order valence-electron chi connectivity index (χ1n) is 6.03. The monoisotopic (exact) mass is 252 g/mol. The molecule has 0 bridgehead atoms. The zero-order valence-corrected chi connectivity index (χ0v) is 10.6. The van der Waals surface area contributed by atoms with Gasteiger partial charge in [-0.3, -0.25) is 0 Å². The Morgan fingerprint density at radius 2 is 1.58 bits per heavy atom. The van der Waals surface area contributed by atoms with E-state index in [0.29, 0.717) is 0 Å². The Kier molecular flexibility index (Phi) is 4.04. The molecule has 0 aromatic heterocycles. The summed E-state index contributed by atoms with van der Waals surface area (Å²) in [6.45, 7) is 7.50. The lowest BCUT2D eigenvalue weighted by molar-refractivity contribution is 0.256. The first kappa shape index (κ1) is 13.0. The van der Waals surface area contributed by atoms with Crippen LogP contribution in [0.15, 0.2) is 67.8 Å². The van der Waals surface area contributed by atoms with Crippen molar-refractivity contribution in [2.24, 2.45) is 0 Å². The molecule has 19 heavy (non-hydrogen) atoms. The Morgan fingerprint density at radius 3 is 2.11 bits per heavy atom. The first-order chi connectivity index (χ1) is 9.22. The SMILES string of the molecule is C=Cc1ccc(OC(C=C)c2ccc(O)cc2)cc1. The number of benzene rings is 2. The van der Waals surface area contributed by atoms with Crippen molar-refractivity contribution in [3.8, 4) is 11.5 Å². The predicted octanol–water partition coefficient (Wildman–Crippen LogP) is 4.34. The van der Waals surface area contributed by atoms with Crippen LogP contribution in [0.25, 0.3) is 6.08 Å². The van der Waals surface area contributed by atoms with E-state index in [1.54, 1.807) is 24.3 Å². The molecule has 0 fully saturated rings. The van der Waals surface area contributed by atoms with Gasteiger partial charge in [0.15, 0.2) is 0 Å². The summed E-state index contributed by atoms with van der Waals surface area (Å²) in [5.41, 5.74) is 1.99. The van der Waals surface area contributed by atoms with Crippen LogP contribution in [0.1, 0.15) is 17.2 Å². The first-order valence-corrected chi connectivity index (χ1v) is 6.03. The molecule has 0 radical (unpaired) electrons. The number of ether oxygens (including phenoxy) is 1. The van der Waals surface area contributed by atoms with Crippen molar-refractivity contribution in [2.45, 2.75) is 6.10 Å². The maximum atomic E-state index is 9.28. The second kappa shape index (κ2) is 5.91. The van der Waals surface area contributed by atoms with E-state index in [0.717, 1.165) is 16.9 Å². The highest BCUT2D eigenvalue weighted by Gasteiger charge is 2.09. The Bertz CT molecular complexity index is 553. The van der Waals surface area contributed by atoms with E-state index >= 15 is 0 Å². The van der Waals surface area contributed by atoms with Gasteiger partial charge in [0.05, 0.1) is 0 Å². The summed E-state index contributed by atoms with van der Waals surface area (Å²) in [7, 11) is 0. The van der Waals surface area contributed by atoms with Gasteiger partial charge in [0, 0.05) is 0 Å². The molecule has 1 unspecified atom stereocenters. The molecule has 0 spiro atoms. The van der Waals surface area contributed by atoms with E-state index < -0.39 is 0 Å². The van der Waals surface area contributed by atoms with Gasteiger partial charge in [-0.05, 0) is 41.5 Å². The molecule has 0 amide bonds. The maximum absolute atomic E-state index is 9.28. The van der Waals surface area contributed by atoms with Gasteiger partial charge in [-0.2, -0.15) is 0 Å². The Hall–Kier alpha value is -2.48. The number of rotatable bonds is 5. The van der Waals surface area contributed by atoms with Crippen LogP contribution in [0.3, 0.4) is 0 Å². The highest BCUT2D eigenvalue weighted by molar-refractivity contribution is 5.48. The summed E-state index contributed by atoms with van der Waals surface area (Å²) in [6.07, 6.45) is 3.28. The van der Waals surface area contributed by atoms with Crippen molar-refractivity contribution in [1.82, 2.24) is 0 Å². The van der Waals surface area contributed by atoms with Crippen molar-refractivity contribution < 1.29 is 9.84 Å². The van der Waals surface area contributed by atoms with Gasteiger partial charge in [-0.1, -0.05) is 43.5 Å². The van der Waals surface area contributed by atoms with Crippen LogP contribution in [-0.4, -0.2) is 5.11 Å². The largest absolute Gasteiger partial charge is 0.508 e. The third-order valence-electron chi connectivity index (χ3n) is 2.81. The molecule has 2 nitrogen and oxygen atoms in total. The molecule has 96 valence electrons. The molecule has 0 heterocycles. The molecule has 0 aliphatic heterocycles. The predicted molar refractivity (Wildman–Crippen MR) is 78.2 cm³/mol. The minimum Gasteiger partial charge on any atom is -0.508 e. The number of phenols is 1. The molecule has 0 saturated heterocycles. The normalized spacial score (nSPS) is 11.6. The summed E-state index contributed by atoms with van der Waals surface area (Å²) >= 11 is 0. The summed E-state index contributed by atoms with van der Waals surface area (Å²) in [5.74, 6) is 1.01. The highest BCUT2D eigenvalue weighted by atomic mass is 16.5. The third kappa shape index (κ3) is 3.26. The van der Waals surface area contributed by atoms with Gasteiger partial charge in [-0.25, -0.2) is 0 Å². The molecule has 0 aliphatic rings. The number of aromatic hydroxyl groups is 1. The molecular formula is C17H16O2. The van der Waals surface area contributed by atoms with Gasteiger partial charge >= 0.3 is 0 Å². The van der Waals surface area contributed by atoms with Crippen LogP contribution < -0.4 is 4.74 Å². The molecule has 0 saturated carbocycles. The molecule has 2 heteroatoms. The Balaban J connectivity index is 2.16. The van der Waals surface area contributed by atoms with Crippen LogP contribution in [0, 0.1) is 0 Å². The van der Waals surface area contributed by atoms with E-state index in [9.17, 15) is 5.11 Å². The van der Waals surface area contributed by atoms with Crippen molar-refractivity contribution in [1.29, 1.82) is 0 Å². The number of phenolic OH excluding ortho intramolecular Hbond substituents is 1. The van der Waals surface area contributed by atoms with Crippen LogP contribution in [0.5, 0.6) is 11.5 Å². The van der Waals surface area contributed by atoms with E-state index in [4.69, 9.17) is 4.74 Å². The fraction of sp³-hybridized carbons (Fsp3) is 0.0588. The Morgan fingerprint density at radius 1 is 0.947 bits per heavy atom. The lowest BCUT2D eigenvalue weighted by Gasteiger charge is -2.16. The molecule has 0 aliphatic carbocycles. The van der Waals surface area contributed by atoms with Crippen LogP contribution in [-0.2, 0) is 0 Å². The third-order valence-corrected chi connectivity index (χ3v) is 2.81. The zero-order chi connectivity index (χ0) is 13.7. The molecule has 2 rings (SSSR count). The molecule has 2 aromatic carbocycles. The maximum Gasteiger partial charge on any atom is 0.142 e. The molecule has 2 aromatic rings. The Labute approximate surface area is 113 Å². The van der Waals surface area contributed by atoms with Crippen LogP contribution in [0.2, 0.25) is 0 Å². The van der Waals surface area contributed by atoms with Crippen molar-refractivity contribution >= 4 is 6.08 Å². The topological polar surface area (TPSA) is 29.5 Å². The standard InChI is InChI=1S/C17H16O2/c1-3-13-5-11-16(12-6-13)19-17(4-2)14-7-9-15(18)10-8-14/h3-12,17-18H,1-2H2. The van der Waals surface area contributed by atoms with Crippen molar-refractivity contribution in [2.75, 3.05) is 0 Å². The second-order valence-corrected chi connectivity index (χ2v) is 4.14. The van der Waals surface area contributed by atoms with Gasteiger partial charge in [-0.15, -0.1) is 0 Å². The van der Waals surface area contributed by atoms with Gasteiger partial charge in [0.25, 0.3) is 0 Å². The van der Waals surface area contributed by atoms with Crippen LogP contribution in [0.4, 0.5) is 0 Å². The summed E-state index contributed by atoms with van der Waals surface area (Å²) in [5, 5.41) is 9.28. The number of hydrogen-bond acceptors (Lipinski definition) is 2. The van der Waals surface area contributed by atoms with E-state index in [-0.39, 0.29) is 11.9 Å². The van der Waals surface area contributed by atoms with Gasteiger partial charge in [0.2, 0.25) is 0 Å². The smallest absolute Gasteiger partial charge is 0.142 e. The van der Waals surface area contributed by atoms with Crippen LogP contribution >= 0.6 is 0 Å². The lowest BCUT2D eigenvalue weighted by atomic mass is 10.1. The molecule has 1 N–H and O–H groups in total. The zero-order valence-electron chi connectivity index (χ0n) is 10.6. The minimum atomic E-state index is -0.241. The van der Waals surface area contributed by atoms with Crippen molar-refractivity contribution in [3.63, 3.8) is 0 Å². The average Bonchev–Trinajstić information content (AvgIpc) is 2.46. The fourth-order valence-electron chi connectivity index (χ4n) is 1.75. The van der Waals surface area contributed by atoms with E-state index in [1.165, 1.54) is 0 Å². The fourth-order valence-corrected chi connectivity index (χ4v) is 1.75. The lowest BCUT2D eigenvalue weighted by Crippen LogP contribution is -2.04. The summed E-state index contributed by atoms with van der Waals surface area (Å²) in [6, 6.07) is 14.6. The van der Waals surface area contributed by atoms with Crippen molar-refractivity contribution in [3.05, 3.63) is 78.9 Å². The van der Waals surface area contributed by atoms with Gasteiger partial charge in [0.1, 0.15) is 17.6 Å². The average molecular weight is 252 g/mol. The minimum absolute atomic E-state index is 0.238. The molecule has 1 atom stereocenters.